The van der Waals surface area contributed by atoms with Crippen LogP contribution < -0.4 is 10.6 Å². The molecule has 132 valence electrons. The standard InChI is InChI=1S/C20H23ClN2O2/c1-20(2,3)15-10-8-14(9-11-15)19(25)22-13-12-18(24)23-17-7-5-4-6-16(17)21/h4-11H,12-13H2,1-3H3,(H,22,25)(H,23,24). The van der Waals surface area contributed by atoms with Crippen LogP contribution in [-0.2, 0) is 10.2 Å². The predicted octanol–water partition coefficient (Wildman–Crippen LogP) is 4.40. The Bertz CT molecular complexity index is 749. The maximum absolute atomic E-state index is 12.1. The Morgan fingerprint density at radius 3 is 2.24 bits per heavy atom. The molecule has 0 aromatic heterocycles. The van der Waals surface area contributed by atoms with Crippen molar-refractivity contribution in [1.82, 2.24) is 5.32 Å². The van der Waals surface area contributed by atoms with Gasteiger partial charge in [-0.1, -0.05) is 56.6 Å². The van der Waals surface area contributed by atoms with Crippen molar-refractivity contribution in [1.29, 1.82) is 0 Å². The number of para-hydroxylation sites is 1. The first-order chi connectivity index (χ1) is 11.8. The third-order valence-corrected chi connectivity index (χ3v) is 4.13. The minimum atomic E-state index is -0.198. The van der Waals surface area contributed by atoms with Crippen LogP contribution in [0.15, 0.2) is 48.5 Å². The summed E-state index contributed by atoms with van der Waals surface area (Å²) >= 11 is 5.99. The van der Waals surface area contributed by atoms with Crippen LogP contribution in [0.25, 0.3) is 0 Å². The Morgan fingerprint density at radius 2 is 1.64 bits per heavy atom. The second-order valence-electron chi connectivity index (χ2n) is 6.86. The smallest absolute Gasteiger partial charge is 0.251 e. The molecule has 2 amide bonds. The Labute approximate surface area is 153 Å². The molecule has 0 saturated heterocycles. The lowest BCUT2D eigenvalue weighted by atomic mass is 9.87. The molecule has 0 bridgehead atoms. The predicted molar refractivity (Wildman–Crippen MR) is 102 cm³/mol. The molecule has 25 heavy (non-hydrogen) atoms. The molecule has 2 rings (SSSR count). The van der Waals surface area contributed by atoms with Gasteiger partial charge in [0.25, 0.3) is 5.91 Å². The number of anilines is 1. The summed E-state index contributed by atoms with van der Waals surface area (Å²) in [7, 11) is 0. The first kappa shape index (κ1) is 19.0. The summed E-state index contributed by atoms with van der Waals surface area (Å²) in [6.07, 6.45) is 0.178. The molecule has 0 aliphatic heterocycles. The van der Waals surface area contributed by atoms with E-state index in [9.17, 15) is 9.59 Å². The summed E-state index contributed by atoms with van der Waals surface area (Å²) in [5, 5.41) is 5.97. The first-order valence-electron chi connectivity index (χ1n) is 8.20. The van der Waals surface area contributed by atoms with Crippen molar-refractivity contribution >= 4 is 29.1 Å². The van der Waals surface area contributed by atoms with Crippen molar-refractivity contribution in [3.05, 3.63) is 64.7 Å². The Morgan fingerprint density at radius 1 is 1.00 bits per heavy atom. The number of halogens is 1. The van der Waals surface area contributed by atoms with Gasteiger partial charge in [0.05, 0.1) is 10.7 Å². The topological polar surface area (TPSA) is 58.2 Å². The lowest BCUT2D eigenvalue weighted by Crippen LogP contribution is -2.27. The summed E-state index contributed by atoms with van der Waals surface area (Å²) in [5.74, 6) is -0.387. The average molecular weight is 359 g/mol. The zero-order valence-electron chi connectivity index (χ0n) is 14.7. The van der Waals surface area contributed by atoms with Crippen molar-refractivity contribution in [3.8, 4) is 0 Å². The van der Waals surface area contributed by atoms with Crippen LogP contribution in [0.1, 0.15) is 43.1 Å². The van der Waals surface area contributed by atoms with Gasteiger partial charge in [-0.25, -0.2) is 0 Å². The highest BCUT2D eigenvalue weighted by molar-refractivity contribution is 6.33. The second-order valence-corrected chi connectivity index (χ2v) is 7.27. The largest absolute Gasteiger partial charge is 0.352 e. The minimum absolute atomic E-state index is 0.0474. The van der Waals surface area contributed by atoms with Crippen LogP contribution in [-0.4, -0.2) is 18.4 Å². The van der Waals surface area contributed by atoms with E-state index in [1.165, 1.54) is 5.56 Å². The fourth-order valence-electron chi connectivity index (χ4n) is 2.29. The maximum Gasteiger partial charge on any atom is 0.251 e. The number of benzene rings is 2. The zero-order chi connectivity index (χ0) is 18.4. The first-order valence-corrected chi connectivity index (χ1v) is 8.58. The average Bonchev–Trinajstić information content (AvgIpc) is 2.56. The van der Waals surface area contributed by atoms with Crippen LogP contribution in [0.3, 0.4) is 0 Å². The molecule has 2 N–H and O–H groups in total. The fourth-order valence-corrected chi connectivity index (χ4v) is 2.47. The summed E-state index contributed by atoms with van der Waals surface area (Å²) in [6, 6.07) is 14.6. The Kier molecular flexibility index (Phi) is 6.21. The molecule has 0 heterocycles. The van der Waals surface area contributed by atoms with Gasteiger partial charge in [-0.05, 0) is 35.2 Å². The van der Waals surface area contributed by atoms with Gasteiger partial charge >= 0.3 is 0 Å². The lowest BCUT2D eigenvalue weighted by Gasteiger charge is -2.19. The van der Waals surface area contributed by atoms with Gasteiger partial charge in [0.15, 0.2) is 0 Å². The molecule has 2 aromatic carbocycles. The quantitative estimate of drug-likeness (QED) is 0.832. The molecule has 0 spiro atoms. The van der Waals surface area contributed by atoms with Crippen LogP contribution in [0.5, 0.6) is 0 Å². The van der Waals surface area contributed by atoms with Gasteiger partial charge in [0.2, 0.25) is 5.91 Å². The third-order valence-electron chi connectivity index (χ3n) is 3.80. The third kappa shape index (κ3) is 5.61. The molecule has 0 fully saturated rings. The molecule has 5 heteroatoms. The van der Waals surface area contributed by atoms with E-state index < -0.39 is 0 Å². The van der Waals surface area contributed by atoms with E-state index in [0.717, 1.165) is 0 Å². The number of amides is 2. The lowest BCUT2D eigenvalue weighted by molar-refractivity contribution is -0.116. The normalized spacial score (nSPS) is 11.0. The molecular weight excluding hydrogens is 336 g/mol. The van der Waals surface area contributed by atoms with E-state index >= 15 is 0 Å². The van der Waals surface area contributed by atoms with E-state index in [1.54, 1.807) is 36.4 Å². The molecule has 0 aliphatic rings. The highest BCUT2D eigenvalue weighted by Crippen LogP contribution is 2.22. The number of nitrogens with one attached hydrogen (secondary N) is 2. The monoisotopic (exact) mass is 358 g/mol. The minimum Gasteiger partial charge on any atom is -0.352 e. The molecular formula is C20H23ClN2O2. The van der Waals surface area contributed by atoms with Crippen molar-refractivity contribution in [3.63, 3.8) is 0 Å². The molecule has 0 radical (unpaired) electrons. The van der Waals surface area contributed by atoms with Crippen LogP contribution >= 0.6 is 11.6 Å². The molecule has 0 atom stereocenters. The van der Waals surface area contributed by atoms with Crippen LogP contribution in [0, 0.1) is 0 Å². The van der Waals surface area contributed by atoms with Crippen molar-refractivity contribution in [2.45, 2.75) is 32.6 Å². The highest BCUT2D eigenvalue weighted by atomic mass is 35.5. The van der Waals surface area contributed by atoms with Crippen LogP contribution in [0.2, 0.25) is 5.02 Å². The fraction of sp³-hybridized carbons (Fsp3) is 0.300. The maximum atomic E-state index is 12.1. The molecule has 0 saturated carbocycles. The van der Waals surface area contributed by atoms with Crippen molar-refractivity contribution in [2.24, 2.45) is 0 Å². The van der Waals surface area contributed by atoms with Gasteiger partial charge in [-0.15, -0.1) is 0 Å². The van der Waals surface area contributed by atoms with E-state index in [2.05, 4.69) is 31.4 Å². The van der Waals surface area contributed by atoms with Gasteiger partial charge < -0.3 is 10.6 Å². The van der Waals surface area contributed by atoms with E-state index in [-0.39, 0.29) is 30.2 Å². The summed E-state index contributed by atoms with van der Waals surface area (Å²) < 4.78 is 0. The Hall–Kier alpha value is -2.33. The SMILES string of the molecule is CC(C)(C)c1ccc(C(=O)NCCC(=O)Nc2ccccc2Cl)cc1. The molecule has 0 unspecified atom stereocenters. The zero-order valence-corrected chi connectivity index (χ0v) is 15.5. The number of rotatable bonds is 5. The number of hydrogen-bond donors (Lipinski definition) is 2. The van der Waals surface area contributed by atoms with Gasteiger partial charge in [-0.2, -0.15) is 0 Å². The van der Waals surface area contributed by atoms with E-state index in [1.807, 2.05) is 12.1 Å². The summed E-state index contributed by atoms with van der Waals surface area (Å²) in [4.78, 5) is 24.1. The number of hydrogen-bond acceptors (Lipinski definition) is 2. The summed E-state index contributed by atoms with van der Waals surface area (Å²) in [5.41, 5.74) is 2.37. The molecule has 2 aromatic rings. The van der Waals surface area contributed by atoms with Crippen molar-refractivity contribution in [2.75, 3.05) is 11.9 Å². The van der Waals surface area contributed by atoms with E-state index in [4.69, 9.17) is 11.6 Å². The highest BCUT2D eigenvalue weighted by Gasteiger charge is 2.14. The van der Waals surface area contributed by atoms with Crippen molar-refractivity contribution < 1.29 is 9.59 Å². The summed E-state index contributed by atoms with van der Waals surface area (Å²) in [6.45, 7) is 6.63. The second kappa shape index (κ2) is 8.17. The Balaban J connectivity index is 1.82. The van der Waals surface area contributed by atoms with Gasteiger partial charge in [0.1, 0.15) is 0 Å². The number of carbonyl (C=O) groups excluding carboxylic acids is 2. The molecule has 4 nitrogen and oxygen atoms in total. The van der Waals surface area contributed by atoms with Gasteiger partial charge in [0, 0.05) is 18.5 Å². The number of carbonyl (C=O) groups is 2. The van der Waals surface area contributed by atoms with Crippen LogP contribution in [0.4, 0.5) is 5.69 Å². The molecule has 0 aliphatic carbocycles. The van der Waals surface area contributed by atoms with E-state index in [0.29, 0.717) is 16.3 Å². The van der Waals surface area contributed by atoms with Gasteiger partial charge in [-0.3, -0.25) is 9.59 Å².